The van der Waals surface area contributed by atoms with Gasteiger partial charge in [0.15, 0.2) is 0 Å². The lowest BCUT2D eigenvalue weighted by atomic mass is 10.1. The number of carbonyl (C=O) groups is 1. The lowest BCUT2D eigenvalue weighted by Gasteiger charge is -2.23. The summed E-state index contributed by atoms with van der Waals surface area (Å²) in [5.74, 6) is -1.55. The Kier molecular flexibility index (Phi) is 4.41. The first-order valence-electron chi connectivity index (χ1n) is 7.82. The van der Waals surface area contributed by atoms with Crippen molar-refractivity contribution in [3.05, 3.63) is 52.9 Å². The van der Waals surface area contributed by atoms with Crippen molar-refractivity contribution in [2.45, 2.75) is 38.6 Å². The summed E-state index contributed by atoms with van der Waals surface area (Å²) < 4.78 is 33.0. The van der Waals surface area contributed by atoms with E-state index in [1.165, 1.54) is 11.0 Å². The molecule has 1 amide bonds. The summed E-state index contributed by atoms with van der Waals surface area (Å²) in [5.41, 5.74) is 0.146. The Bertz CT molecular complexity index is 694. The van der Waals surface area contributed by atoms with Crippen LogP contribution in [0.4, 0.5) is 8.78 Å². The SMILES string of the molecule is CCCc1cc([C@@H]2CCCN2C(=O)c2c(F)cccc2F)no1. The van der Waals surface area contributed by atoms with Crippen LogP contribution in [0.25, 0.3) is 0 Å². The first-order chi connectivity index (χ1) is 11.1. The number of rotatable bonds is 4. The van der Waals surface area contributed by atoms with Gasteiger partial charge in [-0.15, -0.1) is 0 Å². The lowest BCUT2D eigenvalue weighted by molar-refractivity contribution is 0.0721. The van der Waals surface area contributed by atoms with Gasteiger partial charge in [0.05, 0.1) is 6.04 Å². The molecule has 0 aliphatic carbocycles. The molecule has 1 aliphatic rings. The predicted molar refractivity (Wildman–Crippen MR) is 79.9 cm³/mol. The molecule has 0 N–H and O–H groups in total. The Balaban J connectivity index is 1.87. The second-order valence-electron chi connectivity index (χ2n) is 5.72. The van der Waals surface area contributed by atoms with Gasteiger partial charge in [0.2, 0.25) is 0 Å². The highest BCUT2D eigenvalue weighted by Gasteiger charge is 2.34. The van der Waals surface area contributed by atoms with E-state index >= 15 is 0 Å². The Morgan fingerprint density at radius 1 is 1.39 bits per heavy atom. The van der Waals surface area contributed by atoms with Gasteiger partial charge in [-0.25, -0.2) is 8.78 Å². The van der Waals surface area contributed by atoms with Gasteiger partial charge < -0.3 is 9.42 Å². The van der Waals surface area contributed by atoms with E-state index < -0.39 is 23.1 Å². The predicted octanol–water partition coefficient (Wildman–Crippen LogP) is 3.88. The minimum absolute atomic E-state index is 0.295. The van der Waals surface area contributed by atoms with E-state index in [4.69, 9.17) is 4.52 Å². The van der Waals surface area contributed by atoms with E-state index in [9.17, 15) is 13.6 Å². The van der Waals surface area contributed by atoms with Crippen LogP contribution in [0.5, 0.6) is 0 Å². The number of aryl methyl sites for hydroxylation is 1. The minimum Gasteiger partial charge on any atom is -0.361 e. The molecule has 1 aliphatic heterocycles. The van der Waals surface area contributed by atoms with Crippen LogP contribution < -0.4 is 0 Å². The summed E-state index contributed by atoms with van der Waals surface area (Å²) >= 11 is 0. The van der Waals surface area contributed by atoms with E-state index in [0.717, 1.165) is 37.2 Å². The third-order valence-electron chi connectivity index (χ3n) is 4.11. The van der Waals surface area contributed by atoms with Crippen molar-refractivity contribution in [2.75, 3.05) is 6.54 Å². The average molecular weight is 320 g/mol. The average Bonchev–Trinajstić information content (AvgIpc) is 3.15. The maximum absolute atomic E-state index is 13.9. The van der Waals surface area contributed by atoms with Gasteiger partial charge in [0, 0.05) is 19.0 Å². The molecule has 1 aromatic heterocycles. The molecule has 0 unspecified atom stereocenters. The molecule has 3 rings (SSSR count). The zero-order valence-electron chi connectivity index (χ0n) is 12.9. The van der Waals surface area contributed by atoms with Gasteiger partial charge >= 0.3 is 0 Å². The van der Waals surface area contributed by atoms with Gasteiger partial charge in [-0.2, -0.15) is 0 Å². The molecule has 23 heavy (non-hydrogen) atoms. The molecule has 1 saturated heterocycles. The fourth-order valence-electron chi connectivity index (χ4n) is 3.01. The number of amides is 1. The molecular formula is C17H18F2N2O2. The zero-order chi connectivity index (χ0) is 16.4. The van der Waals surface area contributed by atoms with E-state index in [1.54, 1.807) is 0 Å². The third-order valence-corrected chi connectivity index (χ3v) is 4.11. The summed E-state index contributed by atoms with van der Waals surface area (Å²) in [6.45, 7) is 2.49. The molecule has 4 nitrogen and oxygen atoms in total. The zero-order valence-corrected chi connectivity index (χ0v) is 12.9. The minimum atomic E-state index is -0.840. The number of halogens is 2. The number of carbonyl (C=O) groups excluding carboxylic acids is 1. The second kappa shape index (κ2) is 6.48. The van der Waals surface area contributed by atoms with Gasteiger partial charge in [-0.3, -0.25) is 4.79 Å². The normalized spacial score (nSPS) is 17.7. The van der Waals surface area contributed by atoms with Crippen LogP contribution in [0.1, 0.15) is 54.0 Å². The van der Waals surface area contributed by atoms with Gasteiger partial charge in [0.1, 0.15) is 28.7 Å². The molecular weight excluding hydrogens is 302 g/mol. The van der Waals surface area contributed by atoms with Crippen LogP contribution in [0, 0.1) is 11.6 Å². The van der Waals surface area contributed by atoms with Gasteiger partial charge in [-0.05, 0) is 31.4 Å². The number of nitrogens with zero attached hydrogens (tertiary/aromatic N) is 2. The molecule has 1 aromatic carbocycles. The molecule has 2 heterocycles. The molecule has 1 fully saturated rings. The lowest BCUT2D eigenvalue weighted by Crippen LogP contribution is -2.32. The van der Waals surface area contributed by atoms with Crippen molar-refractivity contribution in [1.29, 1.82) is 0 Å². The van der Waals surface area contributed by atoms with Crippen molar-refractivity contribution < 1.29 is 18.1 Å². The highest BCUT2D eigenvalue weighted by molar-refractivity contribution is 5.95. The second-order valence-corrected chi connectivity index (χ2v) is 5.72. The molecule has 6 heteroatoms. The number of benzene rings is 1. The Morgan fingerprint density at radius 3 is 2.83 bits per heavy atom. The Labute approximate surface area is 133 Å². The van der Waals surface area contributed by atoms with Crippen molar-refractivity contribution >= 4 is 5.91 Å². The molecule has 2 aromatic rings. The maximum atomic E-state index is 13.9. The Hall–Kier alpha value is -2.24. The summed E-state index contributed by atoms with van der Waals surface area (Å²) in [6.07, 6.45) is 3.18. The topological polar surface area (TPSA) is 46.3 Å². The van der Waals surface area contributed by atoms with Crippen molar-refractivity contribution in [3.8, 4) is 0 Å². The Morgan fingerprint density at radius 2 is 2.13 bits per heavy atom. The monoisotopic (exact) mass is 320 g/mol. The third kappa shape index (κ3) is 2.98. The maximum Gasteiger partial charge on any atom is 0.260 e. The summed E-state index contributed by atoms with van der Waals surface area (Å²) in [7, 11) is 0. The van der Waals surface area contributed by atoms with Crippen LogP contribution in [0.3, 0.4) is 0 Å². The number of hydrogen-bond donors (Lipinski definition) is 0. The highest BCUT2D eigenvalue weighted by atomic mass is 19.1. The number of aromatic nitrogens is 1. The van der Waals surface area contributed by atoms with Crippen molar-refractivity contribution in [3.63, 3.8) is 0 Å². The molecule has 0 bridgehead atoms. The molecule has 1 atom stereocenters. The first kappa shape index (κ1) is 15.6. The molecule has 0 saturated carbocycles. The van der Waals surface area contributed by atoms with Crippen molar-refractivity contribution in [1.82, 2.24) is 10.1 Å². The number of hydrogen-bond acceptors (Lipinski definition) is 3. The van der Waals surface area contributed by atoms with E-state index in [-0.39, 0.29) is 6.04 Å². The van der Waals surface area contributed by atoms with Crippen LogP contribution >= 0.6 is 0 Å². The van der Waals surface area contributed by atoms with Crippen LogP contribution in [-0.2, 0) is 6.42 Å². The van der Waals surface area contributed by atoms with Crippen LogP contribution in [0.2, 0.25) is 0 Å². The first-order valence-corrected chi connectivity index (χ1v) is 7.82. The summed E-state index contributed by atoms with van der Waals surface area (Å²) in [5, 5.41) is 4.03. The molecule has 122 valence electrons. The van der Waals surface area contributed by atoms with Gasteiger partial charge in [0.25, 0.3) is 5.91 Å². The number of likely N-dealkylation sites (tertiary alicyclic amines) is 1. The van der Waals surface area contributed by atoms with Crippen LogP contribution in [-0.4, -0.2) is 22.5 Å². The molecule has 0 radical (unpaired) electrons. The van der Waals surface area contributed by atoms with Crippen LogP contribution in [0.15, 0.2) is 28.8 Å². The quantitative estimate of drug-likeness (QED) is 0.859. The highest BCUT2D eigenvalue weighted by Crippen LogP contribution is 2.33. The van der Waals surface area contributed by atoms with E-state index in [2.05, 4.69) is 5.16 Å². The summed E-state index contributed by atoms with van der Waals surface area (Å²) in [4.78, 5) is 14.1. The standard InChI is InChI=1S/C17H18F2N2O2/c1-2-5-11-10-14(20-23-11)15-8-4-9-21(15)17(22)16-12(18)6-3-7-13(16)19/h3,6-7,10,15H,2,4-5,8-9H2,1H3/t15-/m0/s1. The molecule has 0 spiro atoms. The summed E-state index contributed by atoms with van der Waals surface area (Å²) in [6, 6.07) is 4.97. The van der Waals surface area contributed by atoms with E-state index in [1.807, 2.05) is 13.0 Å². The fraction of sp³-hybridized carbons (Fsp3) is 0.412. The van der Waals surface area contributed by atoms with Gasteiger partial charge in [-0.1, -0.05) is 18.1 Å². The fourth-order valence-corrected chi connectivity index (χ4v) is 3.01. The van der Waals surface area contributed by atoms with E-state index in [0.29, 0.717) is 18.7 Å². The smallest absolute Gasteiger partial charge is 0.260 e. The van der Waals surface area contributed by atoms with Crippen molar-refractivity contribution in [2.24, 2.45) is 0 Å². The largest absolute Gasteiger partial charge is 0.361 e.